The topological polar surface area (TPSA) is 85.0 Å². The molecule has 2 fully saturated rings. The molecular weight excluding hydrogens is 619 g/mol. The van der Waals surface area contributed by atoms with E-state index in [4.69, 9.17) is 37.4 Å². The summed E-state index contributed by atoms with van der Waals surface area (Å²) in [6.07, 6.45) is 4.74. The van der Waals surface area contributed by atoms with Crippen LogP contribution in [0.5, 0.6) is 11.5 Å². The summed E-state index contributed by atoms with van der Waals surface area (Å²) in [6, 6.07) is 10.2. The number of piperazine rings is 1. The number of ether oxygens (including phenoxy) is 3. The summed E-state index contributed by atoms with van der Waals surface area (Å²) < 4.78 is 17.2. The van der Waals surface area contributed by atoms with Crippen molar-refractivity contribution < 1.29 is 19.0 Å². The number of carbonyl (C=O) groups is 1. The highest BCUT2D eigenvalue weighted by Crippen LogP contribution is 2.39. The molecule has 2 N–H and O–H groups in total. The largest absolute Gasteiger partial charge is 0.496 e. The van der Waals surface area contributed by atoms with E-state index in [0.717, 1.165) is 75.8 Å². The summed E-state index contributed by atoms with van der Waals surface area (Å²) in [5.74, 6) is 1.43. The van der Waals surface area contributed by atoms with E-state index < -0.39 is 0 Å². The van der Waals surface area contributed by atoms with Gasteiger partial charge in [0.15, 0.2) is 5.75 Å². The number of aryl methyl sites for hydroxylation is 1. The van der Waals surface area contributed by atoms with Crippen LogP contribution in [0.3, 0.4) is 0 Å². The smallest absolute Gasteiger partial charge is 0.252 e. The Hall–Kier alpha value is -2.66. The number of rotatable bonds is 12. The molecule has 6 rings (SSSR count). The van der Waals surface area contributed by atoms with Crippen molar-refractivity contribution in [3.63, 3.8) is 0 Å². The summed E-state index contributed by atoms with van der Waals surface area (Å²) in [6.45, 7) is 7.19. The molecule has 8 nitrogen and oxygen atoms in total. The van der Waals surface area contributed by atoms with Gasteiger partial charge in [-0.1, -0.05) is 35.3 Å². The Morgan fingerprint density at radius 3 is 2.68 bits per heavy atom. The fourth-order valence-corrected chi connectivity index (χ4v) is 7.67. The number of hydrogen-bond acceptors (Lipinski definition) is 8. The molecule has 1 aromatic heterocycles. The number of nitrogens with zero attached hydrogens (tertiary/aromatic N) is 2. The van der Waals surface area contributed by atoms with E-state index in [1.165, 1.54) is 0 Å². The van der Waals surface area contributed by atoms with E-state index in [1.807, 2.05) is 37.4 Å². The average molecular weight is 658 g/mol. The SMILES string of the molecule is COc1cccc(CN(C(=O)C2=C(c3cnc(COCCOc4c(Cl)cc(C)cc4Cl)s3)C[C@@H]3CNC[C@H]2N3)C2CC2)c1C. The van der Waals surface area contributed by atoms with E-state index in [-0.39, 0.29) is 24.0 Å². The van der Waals surface area contributed by atoms with E-state index in [9.17, 15) is 4.79 Å². The van der Waals surface area contributed by atoms with Crippen LogP contribution in [0.25, 0.3) is 5.57 Å². The lowest BCUT2D eigenvalue weighted by Gasteiger charge is -2.40. The van der Waals surface area contributed by atoms with Crippen LogP contribution in [-0.2, 0) is 22.7 Å². The second-order valence-electron chi connectivity index (χ2n) is 11.7. The van der Waals surface area contributed by atoms with Crippen molar-refractivity contribution in [1.29, 1.82) is 0 Å². The Balaban J connectivity index is 1.17. The van der Waals surface area contributed by atoms with Gasteiger partial charge in [-0.15, -0.1) is 11.3 Å². The average Bonchev–Trinajstić information content (AvgIpc) is 3.73. The van der Waals surface area contributed by atoms with Gasteiger partial charge in [0.2, 0.25) is 0 Å². The number of fused-ring (bicyclic) bond motifs is 2. The van der Waals surface area contributed by atoms with Gasteiger partial charge in [-0.05, 0) is 73.6 Å². The molecule has 1 amide bonds. The van der Waals surface area contributed by atoms with Crippen molar-refractivity contribution in [2.24, 2.45) is 0 Å². The normalized spacial score (nSPS) is 19.7. The van der Waals surface area contributed by atoms with Gasteiger partial charge in [0.1, 0.15) is 17.4 Å². The van der Waals surface area contributed by atoms with Gasteiger partial charge in [-0.25, -0.2) is 4.98 Å². The molecule has 234 valence electrons. The van der Waals surface area contributed by atoms with Crippen molar-refractivity contribution >= 4 is 46.0 Å². The Labute approximate surface area is 272 Å². The first-order chi connectivity index (χ1) is 21.3. The van der Waals surface area contributed by atoms with Gasteiger partial charge in [0.05, 0.1) is 41.3 Å². The molecule has 3 heterocycles. The zero-order chi connectivity index (χ0) is 30.8. The number of aromatic nitrogens is 1. The second-order valence-corrected chi connectivity index (χ2v) is 13.6. The van der Waals surface area contributed by atoms with E-state index in [0.29, 0.717) is 42.2 Å². The summed E-state index contributed by atoms with van der Waals surface area (Å²) in [7, 11) is 1.69. The molecule has 44 heavy (non-hydrogen) atoms. The van der Waals surface area contributed by atoms with Crippen LogP contribution in [-0.4, -0.2) is 67.3 Å². The maximum Gasteiger partial charge on any atom is 0.252 e. The molecule has 1 saturated carbocycles. The molecule has 1 aliphatic carbocycles. The standard InChI is InChI=1S/C33H38Cl2N4O4S/c1-19-11-25(34)32(26(35)12-19)43-10-9-42-18-30-37-16-29(44-30)24-13-22-14-36-15-27(38-22)31(24)33(40)39(23-7-8-23)17-21-5-4-6-28(41-3)20(21)2/h4-6,11-12,16,22-23,27,36,38H,7-10,13-15,17-18H2,1-3H3/t22-,27-/m1/s1. The molecule has 0 radical (unpaired) electrons. The first kappa shape index (κ1) is 31.3. The number of amides is 1. The quantitative estimate of drug-likeness (QED) is 0.233. The lowest BCUT2D eigenvalue weighted by molar-refractivity contribution is -0.128. The molecule has 2 atom stereocenters. The number of thiazole rings is 1. The number of hydrogen-bond donors (Lipinski definition) is 2. The van der Waals surface area contributed by atoms with Crippen LogP contribution in [0, 0.1) is 13.8 Å². The fraction of sp³-hybridized carbons (Fsp3) is 0.455. The molecule has 0 spiro atoms. The highest BCUT2D eigenvalue weighted by Gasteiger charge is 2.41. The molecule has 2 aliphatic heterocycles. The molecule has 11 heteroatoms. The third-order valence-corrected chi connectivity index (χ3v) is 10.0. The predicted octanol–water partition coefficient (Wildman–Crippen LogP) is 5.95. The monoisotopic (exact) mass is 656 g/mol. The van der Waals surface area contributed by atoms with Crippen molar-refractivity contribution in [3.8, 4) is 11.5 Å². The van der Waals surface area contributed by atoms with Gasteiger partial charge in [0.25, 0.3) is 5.91 Å². The first-order valence-electron chi connectivity index (χ1n) is 15.1. The minimum atomic E-state index is -0.0444. The molecular formula is C33H38Cl2N4O4S. The van der Waals surface area contributed by atoms with Crippen molar-refractivity contribution in [2.45, 2.75) is 64.4 Å². The molecule has 2 aromatic carbocycles. The van der Waals surface area contributed by atoms with Crippen LogP contribution in [0.4, 0.5) is 0 Å². The third-order valence-electron chi connectivity index (χ3n) is 8.43. The zero-order valence-electron chi connectivity index (χ0n) is 25.3. The number of benzene rings is 2. The Bertz CT molecular complexity index is 1530. The number of carbonyl (C=O) groups excluding carboxylic acids is 1. The molecule has 0 unspecified atom stereocenters. The van der Waals surface area contributed by atoms with Crippen LogP contribution in [0.1, 0.15) is 45.8 Å². The third kappa shape index (κ3) is 6.93. The Morgan fingerprint density at radius 1 is 1.14 bits per heavy atom. The minimum absolute atomic E-state index is 0.0444. The van der Waals surface area contributed by atoms with Crippen molar-refractivity contribution in [2.75, 3.05) is 33.4 Å². The number of nitrogens with one attached hydrogen (secondary N) is 2. The first-order valence-corrected chi connectivity index (χ1v) is 16.6. The highest BCUT2D eigenvalue weighted by molar-refractivity contribution is 7.12. The lowest BCUT2D eigenvalue weighted by atomic mass is 9.86. The van der Waals surface area contributed by atoms with Gasteiger partial charge >= 0.3 is 0 Å². The van der Waals surface area contributed by atoms with Gasteiger partial charge in [-0.3, -0.25) is 4.79 Å². The molecule has 3 aromatic rings. The summed E-state index contributed by atoms with van der Waals surface area (Å²) in [5, 5.41) is 9.06. The highest BCUT2D eigenvalue weighted by atomic mass is 35.5. The van der Waals surface area contributed by atoms with Crippen LogP contribution < -0.4 is 20.1 Å². The molecule has 3 aliphatic rings. The van der Waals surface area contributed by atoms with Crippen molar-refractivity contribution in [3.05, 3.63) is 78.7 Å². The minimum Gasteiger partial charge on any atom is -0.496 e. The maximum atomic E-state index is 14.5. The summed E-state index contributed by atoms with van der Waals surface area (Å²) in [4.78, 5) is 22.2. The Kier molecular flexibility index (Phi) is 9.80. The van der Waals surface area contributed by atoms with Crippen LogP contribution in [0.2, 0.25) is 10.0 Å². The van der Waals surface area contributed by atoms with Crippen LogP contribution >= 0.6 is 34.5 Å². The zero-order valence-corrected chi connectivity index (χ0v) is 27.6. The van der Waals surface area contributed by atoms with E-state index in [2.05, 4.69) is 33.5 Å². The maximum absolute atomic E-state index is 14.5. The number of halogens is 2. The van der Waals surface area contributed by atoms with Crippen LogP contribution in [0.15, 0.2) is 42.1 Å². The van der Waals surface area contributed by atoms with E-state index >= 15 is 0 Å². The summed E-state index contributed by atoms with van der Waals surface area (Å²) in [5.41, 5.74) is 5.13. The van der Waals surface area contributed by atoms with Gasteiger partial charge < -0.3 is 29.7 Å². The fourth-order valence-electron chi connectivity index (χ4n) is 6.05. The van der Waals surface area contributed by atoms with Crippen molar-refractivity contribution in [1.82, 2.24) is 20.5 Å². The number of methoxy groups -OCH3 is 1. The molecule has 2 bridgehead atoms. The molecule has 1 saturated heterocycles. The second kappa shape index (κ2) is 13.8. The lowest BCUT2D eigenvalue weighted by Crippen LogP contribution is -2.59. The van der Waals surface area contributed by atoms with E-state index in [1.54, 1.807) is 18.4 Å². The van der Waals surface area contributed by atoms with Gasteiger partial charge in [-0.2, -0.15) is 0 Å². The van der Waals surface area contributed by atoms with Gasteiger partial charge in [0, 0.05) is 43.5 Å². The summed E-state index contributed by atoms with van der Waals surface area (Å²) >= 11 is 14.2. The predicted molar refractivity (Wildman–Crippen MR) is 175 cm³/mol. The Morgan fingerprint density at radius 2 is 1.93 bits per heavy atom.